The molecule has 0 fully saturated rings. The van der Waals surface area contributed by atoms with Crippen LogP contribution in [0, 0.1) is 0 Å². The molecule has 1 atom stereocenters. The van der Waals surface area contributed by atoms with Gasteiger partial charge >= 0.3 is 0 Å². The highest BCUT2D eigenvalue weighted by atomic mass is 15.1. The summed E-state index contributed by atoms with van der Waals surface area (Å²) in [5.41, 5.74) is 1.54. The lowest BCUT2D eigenvalue weighted by atomic mass is 10.1. The molecule has 1 aliphatic rings. The molecule has 0 amide bonds. The Hall–Kier alpha value is -0.340. The number of hydrogen-bond donors (Lipinski definition) is 1. The molecule has 0 aromatic rings. The normalized spacial score (nSPS) is 20.6. The van der Waals surface area contributed by atoms with E-state index in [1.54, 1.807) is 0 Å². The van der Waals surface area contributed by atoms with Crippen LogP contribution >= 0.6 is 0 Å². The van der Waals surface area contributed by atoms with Gasteiger partial charge in [0.25, 0.3) is 0 Å². The average molecular weight is 196 g/mol. The summed E-state index contributed by atoms with van der Waals surface area (Å²) < 4.78 is 0. The van der Waals surface area contributed by atoms with Crippen LogP contribution in [0.3, 0.4) is 0 Å². The molecule has 1 unspecified atom stereocenters. The fraction of sp³-hybridized carbons (Fsp3) is 0.833. The first-order valence-electron chi connectivity index (χ1n) is 5.78. The zero-order chi connectivity index (χ0) is 10.4. The van der Waals surface area contributed by atoms with E-state index in [1.165, 1.54) is 37.9 Å². The van der Waals surface area contributed by atoms with Crippen molar-refractivity contribution in [3.8, 4) is 0 Å². The molecule has 1 N–H and O–H groups in total. The smallest absolute Gasteiger partial charge is 0.0193 e. The van der Waals surface area contributed by atoms with Crippen molar-refractivity contribution < 1.29 is 0 Å². The van der Waals surface area contributed by atoms with E-state index in [9.17, 15) is 0 Å². The van der Waals surface area contributed by atoms with Crippen LogP contribution in [0.25, 0.3) is 0 Å². The van der Waals surface area contributed by atoms with Crippen LogP contribution in [0.1, 0.15) is 33.1 Å². The highest BCUT2D eigenvalue weighted by Gasteiger charge is 2.15. The predicted molar refractivity (Wildman–Crippen MR) is 62.6 cm³/mol. The fourth-order valence-electron chi connectivity index (χ4n) is 2.07. The molecule has 0 saturated heterocycles. The van der Waals surface area contributed by atoms with Crippen molar-refractivity contribution in [3.05, 3.63) is 11.6 Å². The number of hydrogen-bond acceptors (Lipinski definition) is 2. The van der Waals surface area contributed by atoms with Crippen LogP contribution in [0.2, 0.25) is 0 Å². The lowest BCUT2D eigenvalue weighted by Gasteiger charge is -2.31. The molecular weight excluding hydrogens is 172 g/mol. The van der Waals surface area contributed by atoms with Crippen LogP contribution in [-0.4, -0.2) is 37.6 Å². The zero-order valence-corrected chi connectivity index (χ0v) is 9.84. The van der Waals surface area contributed by atoms with Gasteiger partial charge in [-0.15, -0.1) is 0 Å². The molecule has 0 aromatic carbocycles. The Balaban J connectivity index is 2.23. The first-order chi connectivity index (χ1) is 6.74. The van der Waals surface area contributed by atoms with E-state index < -0.39 is 0 Å². The summed E-state index contributed by atoms with van der Waals surface area (Å²) in [5, 5.41) is 3.20. The van der Waals surface area contributed by atoms with Gasteiger partial charge in [-0.05, 0) is 46.7 Å². The zero-order valence-electron chi connectivity index (χ0n) is 9.84. The molecule has 14 heavy (non-hydrogen) atoms. The Kier molecular flexibility index (Phi) is 5.20. The van der Waals surface area contributed by atoms with Crippen molar-refractivity contribution in [2.75, 3.05) is 26.7 Å². The quantitative estimate of drug-likeness (QED) is 0.534. The van der Waals surface area contributed by atoms with Crippen LogP contribution in [-0.2, 0) is 0 Å². The molecule has 2 heteroatoms. The first kappa shape index (κ1) is 11.7. The minimum Gasteiger partial charge on any atom is -0.320 e. The van der Waals surface area contributed by atoms with Crippen molar-refractivity contribution in [1.82, 2.24) is 10.2 Å². The van der Waals surface area contributed by atoms with Gasteiger partial charge in [0.05, 0.1) is 0 Å². The first-order valence-corrected chi connectivity index (χ1v) is 5.78. The summed E-state index contributed by atoms with van der Waals surface area (Å²) in [6.07, 6.45) is 6.21. The lowest BCUT2D eigenvalue weighted by molar-refractivity contribution is 0.209. The molecule has 1 rings (SSSR count). The summed E-state index contributed by atoms with van der Waals surface area (Å²) in [6.45, 7) is 8.17. The van der Waals surface area contributed by atoms with Gasteiger partial charge in [-0.2, -0.15) is 0 Å². The van der Waals surface area contributed by atoms with Gasteiger partial charge in [0, 0.05) is 19.1 Å². The molecule has 0 aliphatic carbocycles. The SMILES string of the molecule is CNCCCC(C)N1CCC=C(C)C1. The maximum atomic E-state index is 3.20. The average Bonchev–Trinajstić information content (AvgIpc) is 2.18. The van der Waals surface area contributed by atoms with Gasteiger partial charge in [-0.25, -0.2) is 0 Å². The number of rotatable bonds is 5. The maximum Gasteiger partial charge on any atom is 0.0193 e. The second-order valence-corrected chi connectivity index (χ2v) is 4.40. The maximum absolute atomic E-state index is 3.20. The standard InChI is InChI=1S/C12H24N2/c1-11-6-5-9-14(10-11)12(2)7-4-8-13-3/h6,12-13H,4-5,7-10H2,1-3H3. The second-order valence-electron chi connectivity index (χ2n) is 4.40. The van der Waals surface area contributed by atoms with E-state index >= 15 is 0 Å². The molecular formula is C12H24N2. The minimum absolute atomic E-state index is 0.743. The largest absolute Gasteiger partial charge is 0.320 e. The Morgan fingerprint density at radius 2 is 2.36 bits per heavy atom. The van der Waals surface area contributed by atoms with Crippen molar-refractivity contribution in [1.29, 1.82) is 0 Å². The van der Waals surface area contributed by atoms with Crippen LogP contribution < -0.4 is 5.32 Å². The van der Waals surface area contributed by atoms with Crippen molar-refractivity contribution in [3.63, 3.8) is 0 Å². The minimum atomic E-state index is 0.743. The van der Waals surface area contributed by atoms with Crippen molar-refractivity contribution >= 4 is 0 Å². The van der Waals surface area contributed by atoms with Crippen molar-refractivity contribution in [2.45, 2.75) is 39.2 Å². The Morgan fingerprint density at radius 1 is 1.57 bits per heavy atom. The van der Waals surface area contributed by atoms with Crippen molar-refractivity contribution in [2.24, 2.45) is 0 Å². The summed E-state index contributed by atoms with van der Waals surface area (Å²) in [6, 6.07) is 0.743. The lowest BCUT2D eigenvalue weighted by Crippen LogP contribution is -2.37. The summed E-state index contributed by atoms with van der Waals surface area (Å²) >= 11 is 0. The van der Waals surface area contributed by atoms with E-state index in [1.807, 2.05) is 7.05 Å². The Labute approximate surface area is 88.4 Å². The van der Waals surface area contributed by atoms with E-state index in [-0.39, 0.29) is 0 Å². The van der Waals surface area contributed by atoms with Gasteiger partial charge in [0.2, 0.25) is 0 Å². The summed E-state index contributed by atoms with van der Waals surface area (Å²) in [4.78, 5) is 2.60. The molecule has 2 nitrogen and oxygen atoms in total. The van der Waals surface area contributed by atoms with Gasteiger partial charge in [-0.1, -0.05) is 11.6 Å². The third kappa shape index (κ3) is 3.81. The molecule has 0 radical (unpaired) electrons. The molecule has 82 valence electrons. The van der Waals surface area contributed by atoms with Gasteiger partial charge in [0.1, 0.15) is 0 Å². The highest BCUT2D eigenvalue weighted by Crippen LogP contribution is 2.14. The summed E-state index contributed by atoms with van der Waals surface area (Å²) in [5.74, 6) is 0. The molecule has 1 aliphatic heterocycles. The molecule has 0 saturated carbocycles. The van der Waals surface area contributed by atoms with Crippen LogP contribution in [0.4, 0.5) is 0 Å². The monoisotopic (exact) mass is 196 g/mol. The van der Waals surface area contributed by atoms with Crippen LogP contribution in [0.15, 0.2) is 11.6 Å². The third-order valence-electron chi connectivity index (χ3n) is 3.03. The van der Waals surface area contributed by atoms with Crippen LogP contribution in [0.5, 0.6) is 0 Å². The Morgan fingerprint density at radius 3 is 3.00 bits per heavy atom. The number of nitrogens with one attached hydrogen (secondary N) is 1. The van der Waals surface area contributed by atoms with Gasteiger partial charge in [0.15, 0.2) is 0 Å². The van der Waals surface area contributed by atoms with Gasteiger partial charge < -0.3 is 5.32 Å². The highest BCUT2D eigenvalue weighted by molar-refractivity contribution is 5.05. The number of nitrogens with zero attached hydrogens (tertiary/aromatic N) is 1. The van der Waals surface area contributed by atoms with E-state index in [2.05, 4.69) is 30.1 Å². The third-order valence-corrected chi connectivity index (χ3v) is 3.03. The second kappa shape index (κ2) is 6.20. The molecule has 0 bridgehead atoms. The molecule has 0 aromatic heterocycles. The van der Waals surface area contributed by atoms with E-state index in [0.29, 0.717) is 0 Å². The topological polar surface area (TPSA) is 15.3 Å². The van der Waals surface area contributed by atoms with E-state index in [4.69, 9.17) is 0 Å². The van der Waals surface area contributed by atoms with E-state index in [0.717, 1.165) is 12.6 Å². The molecule has 1 heterocycles. The fourth-order valence-corrected chi connectivity index (χ4v) is 2.07. The van der Waals surface area contributed by atoms with Gasteiger partial charge in [-0.3, -0.25) is 4.90 Å². The molecule has 0 spiro atoms. The summed E-state index contributed by atoms with van der Waals surface area (Å²) in [7, 11) is 2.03. The Bertz CT molecular complexity index is 187. The predicted octanol–water partition coefficient (Wildman–Crippen LogP) is 2.03.